The summed E-state index contributed by atoms with van der Waals surface area (Å²) in [5.41, 5.74) is 1.31. The number of hydrogen-bond acceptors (Lipinski definition) is 6. The molecule has 0 unspecified atom stereocenters. The summed E-state index contributed by atoms with van der Waals surface area (Å²) in [6, 6.07) is 10.7. The first-order valence-electron chi connectivity index (χ1n) is 6.53. The van der Waals surface area contributed by atoms with Crippen LogP contribution in [0.25, 0.3) is 5.69 Å². The van der Waals surface area contributed by atoms with Crippen molar-refractivity contribution < 1.29 is 8.42 Å². The van der Waals surface area contributed by atoms with Gasteiger partial charge in [-0.1, -0.05) is 18.2 Å². The van der Waals surface area contributed by atoms with Crippen LogP contribution < -0.4 is 0 Å². The van der Waals surface area contributed by atoms with Crippen LogP contribution in [0.2, 0.25) is 0 Å². The lowest BCUT2D eigenvalue weighted by atomic mass is 10.3. The predicted molar refractivity (Wildman–Crippen MR) is 78.0 cm³/mol. The Morgan fingerprint density at radius 1 is 1.18 bits per heavy atom. The van der Waals surface area contributed by atoms with Crippen molar-refractivity contribution in [2.24, 2.45) is 7.05 Å². The van der Waals surface area contributed by atoms with Gasteiger partial charge in [-0.3, -0.25) is 0 Å². The molecule has 8 nitrogen and oxygen atoms in total. The first kappa shape index (κ1) is 14.4. The fourth-order valence-corrected chi connectivity index (χ4v) is 3.56. The summed E-state index contributed by atoms with van der Waals surface area (Å²) < 4.78 is 28.1. The Kier molecular flexibility index (Phi) is 3.49. The summed E-state index contributed by atoms with van der Waals surface area (Å²) in [5.74, 6) is -0.00691. The monoisotopic (exact) mass is 318 g/mol. The molecular formula is C13H14N6O2S. The number of para-hydroxylation sites is 1. The number of hydrogen-bond donors (Lipinski definition) is 0. The molecule has 0 saturated heterocycles. The number of benzene rings is 1. The first-order chi connectivity index (χ1) is 10.5. The average molecular weight is 318 g/mol. The molecule has 0 N–H and O–H groups in total. The van der Waals surface area contributed by atoms with Crippen molar-refractivity contribution in [3.05, 3.63) is 47.9 Å². The fraction of sp³-hybridized carbons (Fsp3) is 0.231. The molecule has 0 atom stereocenters. The van der Waals surface area contributed by atoms with Crippen molar-refractivity contribution in [3.63, 3.8) is 0 Å². The molecule has 3 aromatic rings. The van der Waals surface area contributed by atoms with E-state index in [-0.39, 0.29) is 16.6 Å². The zero-order valence-electron chi connectivity index (χ0n) is 12.1. The standard InChI is InChI=1S/C13H14N6O2S/c1-10-8-13(19(15-10)11-6-4-3-5-7-11)22(20,21)9-12-14-16-17-18(12)2/h3-8H,9H2,1-2H3. The summed E-state index contributed by atoms with van der Waals surface area (Å²) in [5, 5.41) is 15.2. The van der Waals surface area contributed by atoms with E-state index in [2.05, 4.69) is 20.6 Å². The fourth-order valence-electron chi connectivity index (χ4n) is 2.07. The van der Waals surface area contributed by atoms with Crippen molar-refractivity contribution in [3.8, 4) is 5.69 Å². The lowest BCUT2D eigenvalue weighted by Crippen LogP contribution is -2.14. The van der Waals surface area contributed by atoms with E-state index in [1.165, 1.54) is 9.36 Å². The molecule has 114 valence electrons. The van der Waals surface area contributed by atoms with Crippen molar-refractivity contribution >= 4 is 9.84 Å². The normalized spacial score (nSPS) is 11.7. The quantitative estimate of drug-likeness (QED) is 0.702. The maximum Gasteiger partial charge on any atom is 0.203 e. The van der Waals surface area contributed by atoms with Crippen LogP contribution in [0.15, 0.2) is 41.4 Å². The van der Waals surface area contributed by atoms with E-state index in [4.69, 9.17) is 0 Å². The maximum atomic E-state index is 12.7. The van der Waals surface area contributed by atoms with E-state index >= 15 is 0 Å². The summed E-state index contributed by atoms with van der Waals surface area (Å²) in [7, 11) is -2.02. The van der Waals surface area contributed by atoms with Gasteiger partial charge in [0.25, 0.3) is 0 Å². The minimum absolute atomic E-state index is 0.124. The van der Waals surface area contributed by atoms with E-state index < -0.39 is 9.84 Å². The van der Waals surface area contributed by atoms with Gasteiger partial charge in [0.05, 0.1) is 11.4 Å². The van der Waals surface area contributed by atoms with E-state index in [9.17, 15) is 8.42 Å². The largest absolute Gasteiger partial charge is 0.232 e. The zero-order chi connectivity index (χ0) is 15.7. The number of sulfone groups is 1. The van der Waals surface area contributed by atoms with Gasteiger partial charge in [0, 0.05) is 7.05 Å². The van der Waals surface area contributed by atoms with Gasteiger partial charge in [-0.05, 0) is 35.5 Å². The van der Waals surface area contributed by atoms with Crippen molar-refractivity contribution in [1.82, 2.24) is 30.0 Å². The highest BCUT2D eigenvalue weighted by molar-refractivity contribution is 7.90. The molecule has 1 aromatic carbocycles. The Bertz CT molecular complexity index is 898. The molecule has 0 bridgehead atoms. The Balaban J connectivity index is 2.07. The van der Waals surface area contributed by atoms with Gasteiger partial charge in [0.1, 0.15) is 5.75 Å². The number of nitrogens with zero attached hydrogens (tertiary/aromatic N) is 6. The van der Waals surface area contributed by atoms with Crippen LogP contribution in [0.3, 0.4) is 0 Å². The molecular weight excluding hydrogens is 304 g/mol. The number of rotatable bonds is 4. The number of tetrazole rings is 1. The van der Waals surface area contributed by atoms with Crippen molar-refractivity contribution in [2.75, 3.05) is 0 Å². The molecule has 0 saturated carbocycles. The SMILES string of the molecule is Cc1cc(S(=O)(=O)Cc2nnnn2C)n(-c2ccccc2)n1. The zero-order valence-corrected chi connectivity index (χ0v) is 12.9. The molecule has 2 aromatic heterocycles. The third kappa shape index (κ3) is 2.62. The third-order valence-corrected chi connectivity index (χ3v) is 4.71. The van der Waals surface area contributed by atoms with Crippen molar-refractivity contribution in [1.29, 1.82) is 0 Å². The lowest BCUT2D eigenvalue weighted by Gasteiger charge is -2.07. The van der Waals surface area contributed by atoms with Gasteiger partial charge < -0.3 is 0 Å². The molecule has 9 heteroatoms. The Labute approximate surface area is 127 Å². The molecule has 22 heavy (non-hydrogen) atoms. The minimum Gasteiger partial charge on any atom is -0.232 e. The Morgan fingerprint density at radius 2 is 1.91 bits per heavy atom. The van der Waals surface area contributed by atoms with Gasteiger partial charge in [-0.25, -0.2) is 17.8 Å². The highest BCUT2D eigenvalue weighted by atomic mass is 32.2. The van der Waals surface area contributed by atoms with Crippen LogP contribution in [0.4, 0.5) is 0 Å². The van der Waals surface area contributed by atoms with Crippen LogP contribution in [0.1, 0.15) is 11.5 Å². The lowest BCUT2D eigenvalue weighted by molar-refractivity contribution is 0.580. The van der Waals surface area contributed by atoms with Gasteiger partial charge in [0.2, 0.25) is 9.84 Å². The second-order valence-electron chi connectivity index (χ2n) is 4.85. The summed E-state index contributed by atoms with van der Waals surface area (Å²) in [4.78, 5) is 0. The predicted octanol–water partition coefficient (Wildman–Crippen LogP) is 0.678. The first-order valence-corrected chi connectivity index (χ1v) is 8.19. The Hall–Kier alpha value is -2.55. The van der Waals surface area contributed by atoms with Crippen LogP contribution in [-0.4, -0.2) is 38.4 Å². The van der Waals surface area contributed by atoms with E-state index in [1.54, 1.807) is 32.2 Å². The molecule has 0 radical (unpaired) electrons. The van der Waals surface area contributed by atoms with Crippen LogP contribution in [0, 0.1) is 6.92 Å². The third-order valence-electron chi connectivity index (χ3n) is 3.15. The smallest absolute Gasteiger partial charge is 0.203 e. The number of aromatic nitrogens is 6. The molecule has 0 spiro atoms. The van der Waals surface area contributed by atoms with Crippen LogP contribution in [0.5, 0.6) is 0 Å². The van der Waals surface area contributed by atoms with E-state index in [1.807, 2.05) is 18.2 Å². The van der Waals surface area contributed by atoms with Crippen LogP contribution >= 0.6 is 0 Å². The minimum atomic E-state index is -3.63. The van der Waals surface area contributed by atoms with Gasteiger partial charge >= 0.3 is 0 Å². The second kappa shape index (κ2) is 5.34. The molecule has 0 amide bonds. The van der Waals surface area contributed by atoms with Gasteiger partial charge in [-0.2, -0.15) is 5.10 Å². The molecule has 0 aliphatic rings. The highest BCUT2D eigenvalue weighted by Crippen LogP contribution is 2.20. The number of aryl methyl sites for hydroxylation is 2. The highest BCUT2D eigenvalue weighted by Gasteiger charge is 2.24. The molecule has 0 aliphatic heterocycles. The molecule has 0 fully saturated rings. The summed E-state index contributed by atoms with van der Waals surface area (Å²) >= 11 is 0. The topological polar surface area (TPSA) is 95.6 Å². The summed E-state index contributed by atoms with van der Waals surface area (Å²) in [6.45, 7) is 1.75. The molecule has 0 aliphatic carbocycles. The Morgan fingerprint density at radius 3 is 2.55 bits per heavy atom. The van der Waals surface area contributed by atoms with E-state index in [0.717, 1.165) is 0 Å². The average Bonchev–Trinajstić information content (AvgIpc) is 3.07. The van der Waals surface area contributed by atoms with Gasteiger partial charge in [-0.15, -0.1) is 5.10 Å². The van der Waals surface area contributed by atoms with Gasteiger partial charge in [0.15, 0.2) is 10.9 Å². The van der Waals surface area contributed by atoms with Crippen molar-refractivity contribution in [2.45, 2.75) is 17.7 Å². The molecule has 2 heterocycles. The summed E-state index contributed by atoms with van der Waals surface area (Å²) in [6.07, 6.45) is 0. The maximum absolute atomic E-state index is 12.7. The molecule has 3 rings (SSSR count). The van der Waals surface area contributed by atoms with E-state index in [0.29, 0.717) is 11.4 Å². The van der Waals surface area contributed by atoms with Crippen LogP contribution in [-0.2, 0) is 22.6 Å². The second-order valence-corrected chi connectivity index (χ2v) is 6.79.